The fourth-order valence-corrected chi connectivity index (χ4v) is 3.17. The number of hydrogen-bond donors (Lipinski definition) is 3. The minimum atomic E-state index is -0.861. The van der Waals surface area contributed by atoms with Crippen LogP contribution in [0, 0.1) is 5.92 Å². The fraction of sp³-hybridized carbons (Fsp3) is 0.526. The average Bonchev–Trinajstić information content (AvgIpc) is 2.85. The summed E-state index contributed by atoms with van der Waals surface area (Å²) in [5.74, 6) is -1.96. The topological polar surface area (TPSA) is 95.5 Å². The maximum atomic E-state index is 12.5. The van der Waals surface area contributed by atoms with E-state index < -0.39 is 11.9 Å². The average molecular weight is 346 g/mol. The van der Waals surface area contributed by atoms with E-state index in [1.165, 1.54) is 0 Å². The van der Waals surface area contributed by atoms with Gasteiger partial charge in [-0.25, -0.2) is 0 Å². The Balaban J connectivity index is 2.09. The number of carboxylic acids is 1. The Morgan fingerprint density at radius 3 is 2.44 bits per heavy atom. The maximum absolute atomic E-state index is 12.5. The molecule has 25 heavy (non-hydrogen) atoms. The first kappa shape index (κ1) is 19.0. The van der Waals surface area contributed by atoms with Gasteiger partial charge < -0.3 is 15.7 Å². The summed E-state index contributed by atoms with van der Waals surface area (Å²) in [6.45, 7) is 2.55. The van der Waals surface area contributed by atoms with Gasteiger partial charge in [0.1, 0.15) is 0 Å². The Bertz CT molecular complexity index is 630. The van der Waals surface area contributed by atoms with Gasteiger partial charge in [0, 0.05) is 23.7 Å². The zero-order chi connectivity index (χ0) is 18.2. The standard InChI is InChI=1S/C19H26N2O4/c1-2-11-20-17(22)13-7-6-8-14(12-13)18(23)21-16-10-5-3-4-9-15(16)19(24)25/h6-8,12,15-16H,2-5,9-11H2,1H3,(H,20,22)(H,21,23)(H,24,25)/t15-,16+/m1/s1. The minimum absolute atomic E-state index is 0.214. The van der Waals surface area contributed by atoms with E-state index in [0.29, 0.717) is 30.5 Å². The molecule has 0 aliphatic heterocycles. The van der Waals surface area contributed by atoms with E-state index in [4.69, 9.17) is 0 Å². The molecule has 1 saturated carbocycles. The molecular weight excluding hydrogens is 320 g/mol. The molecule has 3 N–H and O–H groups in total. The Morgan fingerprint density at radius 2 is 1.76 bits per heavy atom. The van der Waals surface area contributed by atoms with Crippen molar-refractivity contribution < 1.29 is 19.5 Å². The smallest absolute Gasteiger partial charge is 0.308 e. The van der Waals surface area contributed by atoms with Crippen LogP contribution < -0.4 is 10.6 Å². The summed E-state index contributed by atoms with van der Waals surface area (Å²) in [5.41, 5.74) is 0.800. The van der Waals surface area contributed by atoms with Crippen molar-refractivity contribution in [1.29, 1.82) is 0 Å². The van der Waals surface area contributed by atoms with Crippen LogP contribution in [0.5, 0.6) is 0 Å². The quantitative estimate of drug-likeness (QED) is 0.690. The maximum Gasteiger partial charge on any atom is 0.308 e. The van der Waals surface area contributed by atoms with Gasteiger partial charge in [-0.1, -0.05) is 32.3 Å². The lowest BCUT2D eigenvalue weighted by molar-refractivity contribution is -0.142. The van der Waals surface area contributed by atoms with Crippen molar-refractivity contribution in [2.24, 2.45) is 5.92 Å². The molecule has 1 aliphatic rings. The van der Waals surface area contributed by atoms with Gasteiger partial charge in [0.2, 0.25) is 0 Å². The number of amides is 2. The Labute approximate surface area is 148 Å². The van der Waals surface area contributed by atoms with Crippen molar-refractivity contribution in [3.8, 4) is 0 Å². The van der Waals surface area contributed by atoms with Gasteiger partial charge in [-0.05, 0) is 37.5 Å². The molecule has 0 unspecified atom stereocenters. The van der Waals surface area contributed by atoms with Gasteiger partial charge in [0.05, 0.1) is 5.92 Å². The van der Waals surface area contributed by atoms with E-state index in [0.717, 1.165) is 25.7 Å². The van der Waals surface area contributed by atoms with Crippen LogP contribution in [0.3, 0.4) is 0 Å². The van der Waals surface area contributed by atoms with Crippen molar-refractivity contribution in [3.05, 3.63) is 35.4 Å². The van der Waals surface area contributed by atoms with Crippen LogP contribution in [-0.4, -0.2) is 35.5 Å². The molecule has 1 fully saturated rings. The molecule has 2 atom stereocenters. The van der Waals surface area contributed by atoms with E-state index >= 15 is 0 Å². The van der Waals surface area contributed by atoms with Crippen molar-refractivity contribution in [2.45, 2.75) is 51.5 Å². The van der Waals surface area contributed by atoms with Crippen LogP contribution in [-0.2, 0) is 4.79 Å². The van der Waals surface area contributed by atoms with Crippen LogP contribution >= 0.6 is 0 Å². The first-order chi connectivity index (χ1) is 12.0. The predicted molar refractivity (Wildman–Crippen MR) is 94.5 cm³/mol. The van der Waals surface area contributed by atoms with Crippen LogP contribution in [0.15, 0.2) is 24.3 Å². The summed E-state index contributed by atoms with van der Waals surface area (Å²) in [6, 6.07) is 6.14. The first-order valence-corrected chi connectivity index (χ1v) is 8.95. The van der Waals surface area contributed by atoms with Gasteiger partial charge >= 0.3 is 5.97 Å². The molecule has 6 heteroatoms. The third kappa shape index (κ3) is 5.31. The van der Waals surface area contributed by atoms with Crippen LogP contribution in [0.25, 0.3) is 0 Å². The second kappa shape index (κ2) is 9.20. The van der Waals surface area contributed by atoms with Gasteiger partial charge in [0.15, 0.2) is 0 Å². The number of carbonyl (C=O) groups excluding carboxylic acids is 2. The summed E-state index contributed by atoms with van der Waals surface area (Å²) < 4.78 is 0. The third-order valence-electron chi connectivity index (χ3n) is 4.57. The number of aliphatic carboxylic acids is 1. The second-order valence-corrected chi connectivity index (χ2v) is 6.50. The van der Waals surface area contributed by atoms with Crippen LogP contribution in [0.4, 0.5) is 0 Å². The molecule has 2 amide bonds. The van der Waals surface area contributed by atoms with E-state index in [-0.39, 0.29) is 17.9 Å². The second-order valence-electron chi connectivity index (χ2n) is 6.50. The molecule has 0 heterocycles. The molecule has 1 aromatic carbocycles. The highest BCUT2D eigenvalue weighted by atomic mass is 16.4. The van der Waals surface area contributed by atoms with Crippen molar-refractivity contribution in [2.75, 3.05) is 6.54 Å². The van der Waals surface area contributed by atoms with Gasteiger partial charge in [-0.2, -0.15) is 0 Å². The van der Waals surface area contributed by atoms with E-state index in [9.17, 15) is 19.5 Å². The lowest BCUT2D eigenvalue weighted by atomic mass is 9.94. The molecule has 0 radical (unpaired) electrons. The van der Waals surface area contributed by atoms with E-state index in [1.54, 1.807) is 24.3 Å². The summed E-state index contributed by atoms with van der Waals surface area (Å²) in [5, 5.41) is 15.1. The Morgan fingerprint density at radius 1 is 1.08 bits per heavy atom. The molecular formula is C19H26N2O4. The van der Waals surface area contributed by atoms with Crippen molar-refractivity contribution >= 4 is 17.8 Å². The highest BCUT2D eigenvalue weighted by molar-refractivity contribution is 5.99. The molecule has 2 rings (SSSR count). The number of nitrogens with one attached hydrogen (secondary N) is 2. The Kier molecular flexibility index (Phi) is 6.98. The summed E-state index contributed by atoms with van der Waals surface area (Å²) in [6.07, 6.45) is 4.86. The van der Waals surface area contributed by atoms with Crippen LogP contribution in [0.1, 0.15) is 66.2 Å². The molecule has 1 aromatic rings. The Hall–Kier alpha value is -2.37. The van der Waals surface area contributed by atoms with Crippen LogP contribution in [0.2, 0.25) is 0 Å². The third-order valence-corrected chi connectivity index (χ3v) is 4.57. The summed E-state index contributed by atoms with van der Waals surface area (Å²) >= 11 is 0. The SMILES string of the molecule is CCCNC(=O)c1cccc(C(=O)N[C@H]2CCCCC[C@H]2C(=O)O)c1. The lowest BCUT2D eigenvalue weighted by Gasteiger charge is -2.23. The summed E-state index contributed by atoms with van der Waals surface area (Å²) in [4.78, 5) is 36.1. The fourth-order valence-electron chi connectivity index (χ4n) is 3.17. The molecule has 0 saturated heterocycles. The van der Waals surface area contributed by atoms with Crippen molar-refractivity contribution in [1.82, 2.24) is 10.6 Å². The highest BCUT2D eigenvalue weighted by Crippen LogP contribution is 2.24. The lowest BCUT2D eigenvalue weighted by Crippen LogP contribution is -2.42. The predicted octanol–water partition coefficient (Wildman–Crippen LogP) is 2.59. The first-order valence-electron chi connectivity index (χ1n) is 8.95. The zero-order valence-corrected chi connectivity index (χ0v) is 14.6. The molecule has 0 bridgehead atoms. The summed E-state index contributed by atoms with van der Waals surface area (Å²) in [7, 11) is 0. The van der Waals surface area contributed by atoms with E-state index in [2.05, 4.69) is 10.6 Å². The molecule has 0 aromatic heterocycles. The molecule has 1 aliphatic carbocycles. The number of carbonyl (C=O) groups is 3. The van der Waals surface area contributed by atoms with Gasteiger partial charge in [-0.15, -0.1) is 0 Å². The number of carboxylic acid groups (broad SMARTS) is 1. The molecule has 136 valence electrons. The van der Waals surface area contributed by atoms with Gasteiger partial charge in [0.25, 0.3) is 11.8 Å². The zero-order valence-electron chi connectivity index (χ0n) is 14.6. The highest BCUT2D eigenvalue weighted by Gasteiger charge is 2.30. The van der Waals surface area contributed by atoms with E-state index in [1.807, 2.05) is 6.92 Å². The monoisotopic (exact) mass is 346 g/mol. The molecule has 6 nitrogen and oxygen atoms in total. The number of hydrogen-bond acceptors (Lipinski definition) is 3. The minimum Gasteiger partial charge on any atom is -0.481 e. The number of rotatable bonds is 6. The van der Waals surface area contributed by atoms with Crippen molar-refractivity contribution in [3.63, 3.8) is 0 Å². The molecule has 0 spiro atoms. The number of benzene rings is 1. The largest absolute Gasteiger partial charge is 0.481 e. The van der Waals surface area contributed by atoms with Gasteiger partial charge in [-0.3, -0.25) is 14.4 Å². The normalized spacial score (nSPS) is 20.4.